The van der Waals surface area contributed by atoms with Crippen LogP contribution >= 0.6 is 33.9 Å². The molecule has 0 aliphatic rings. The van der Waals surface area contributed by atoms with Crippen molar-refractivity contribution in [2.45, 2.75) is 6.42 Å². The summed E-state index contributed by atoms with van der Waals surface area (Å²) in [7, 11) is 0. The van der Waals surface area contributed by atoms with Gasteiger partial charge in [0.15, 0.2) is 0 Å². The fourth-order valence-electron chi connectivity index (χ4n) is 1.45. The van der Waals surface area contributed by atoms with E-state index in [9.17, 15) is 10.1 Å². The second-order valence-corrected chi connectivity index (χ2v) is 5.46. The Morgan fingerprint density at radius 1 is 1.50 bits per heavy atom. The lowest BCUT2D eigenvalue weighted by molar-refractivity contribution is -0.384. The molecule has 0 spiro atoms. The number of nitro benzene ring substituents is 1. The average Bonchev–Trinajstić information content (AvgIpc) is 2.84. The molecule has 2 aromatic rings. The van der Waals surface area contributed by atoms with Gasteiger partial charge in [0, 0.05) is 39.7 Å². The van der Waals surface area contributed by atoms with Gasteiger partial charge in [-0.05, 0) is 28.7 Å². The summed E-state index contributed by atoms with van der Waals surface area (Å²) in [4.78, 5) is 14.4. The number of anilines is 1. The van der Waals surface area contributed by atoms with Crippen LogP contribution in [0.4, 0.5) is 11.4 Å². The maximum absolute atomic E-state index is 10.6. The topological polar surface area (TPSA) is 68.1 Å². The van der Waals surface area contributed by atoms with Crippen LogP contribution in [0.5, 0.6) is 0 Å². The molecule has 0 radical (unpaired) electrons. The molecule has 1 aromatic heterocycles. The summed E-state index contributed by atoms with van der Waals surface area (Å²) in [5.74, 6) is 0. The summed E-state index contributed by atoms with van der Waals surface area (Å²) in [6.07, 6.45) is 0.844. The molecular weight excluding hydrogens is 365 g/mol. The Kier molecular flexibility index (Phi) is 4.48. The highest BCUT2D eigenvalue weighted by molar-refractivity contribution is 14.1. The molecule has 1 aromatic carbocycles. The predicted molar refractivity (Wildman–Crippen MR) is 80.1 cm³/mol. The molecule has 0 atom stereocenters. The summed E-state index contributed by atoms with van der Waals surface area (Å²) in [5.41, 5.74) is 3.90. The third kappa shape index (κ3) is 3.39. The van der Waals surface area contributed by atoms with Crippen LogP contribution in [0.3, 0.4) is 0 Å². The van der Waals surface area contributed by atoms with Crippen molar-refractivity contribution in [1.82, 2.24) is 4.98 Å². The van der Waals surface area contributed by atoms with E-state index >= 15 is 0 Å². The Labute approximate surface area is 122 Å². The minimum atomic E-state index is -0.388. The average molecular weight is 375 g/mol. The SMILES string of the molecule is O=[N+]([O-])c1ccc(NCCc2cscn2)c(I)c1. The molecule has 0 unspecified atom stereocenters. The molecule has 0 amide bonds. The Balaban J connectivity index is 1.95. The first-order valence-corrected chi connectivity index (χ1v) is 7.24. The highest BCUT2D eigenvalue weighted by atomic mass is 127. The van der Waals surface area contributed by atoms with E-state index in [0.29, 0.717) is 0 Å². The standard InChI is InChI=1S/C11H10IN3O2S/c12-10-5-9(15(16)17)1-2-11(10)13-4-3-8-6-18-7-14-8/h1-2,5-7,13H,3-4H2. The highest BCUT2D eigenvalue weighted by Gasteiger charge is 2.08. The molecule has 0 saturated carbocycles. The van der Waals surface area contributed by atoms with Crippen molar-refractivity contribution in [3.05, 3.63) is 48.5 Å². The monoisotopic (exact) mass is 375 g/mol. The summed E-state index contributed by atoms with van der Waals surface area (Å²) < 4.78 is 0.847. The molecule has 5 nitrogen and oxygen atoms in total. The van der Waals surface area contributed by atoms with Crippen LogP contribution in [-0.4, -0.2) is 16.5 Å². The van der Waals surface area contributed by atoms with Crippen LogP contribution in [-0.2, 0) is 6.42 Å². The molecule has 0 aliphatic heterocycles. The highest BCUT2D eigenvalue weighted by Crippen LogP contribution is 2.23. The molecule has 0 fully saturated rings. The van der Waals surface area contributed by atoms with Crippen molar-refractivity contribution in [1.29, 1.82) is 0 Å². The number of nitrogens with one attached hydrogen (secondary N) is 1. The van der Waals surface area contributed by atoms with E-state index in [4.69, 9.17) is 0 Å². The number of hydrogen-bond acceptors (Lipinski definition) is 5. The number of nitrogens with zero attached hydrogens (tertiary/aromatic N) is 2. The summed E-state index contributed by atoms with van der Waals surface area (Å²) >= 11 is 3.67. The van der Waals surface area contributed by atoms with Gasteiger partial charge in [-0.15, -0.1) is 11.3 Å². The zero-order valence-electron chi connectivity index (χ0n) is 9.30. The van der Waals surface area contributed by atoms with E-state index in [-0.39, 0.29) is 10.6 Å². The molecule has 2 rings (SSSR count). The normalized spacial score (nSPS) is 10.3. The van der Waals surface area contributed by atoms with Gasteiger partial charge in [0.1, 0.15) is 0 Å². The number of thiazole rings is 1. The van der Waals surface area contributed by atoms with Crippen molar-refractivity contribution >= 4 is 45.3 Å². The van der Waals surface area contributed by atoms with Crippen molar-refractivity contribution in [3.8, 4) is 0 Å². The Morgan fingerprint density at radius 2 is 2.33 bits per heavy atom. The number of nitro groups is 1. The zero-order valence-corrected chi connectivity index (χ0v) is 12.3. The summed E-state index contributed by atoms with van der Waals surface area (Å²) in [6, 6.07) is 4.81. The summed E-state index contributed by atoms with van der Waals surface area (Å²) in [6.45, 7) is 0.761. The number of rotatable bonds is 5. The lowest BCUT2D eigenvalue weighted by atomic mass is 10.2. The second kappa shape index (κ2) is 6.10. The Hall–Kier alpha value is -1.22. The van der Waals surface area contributed by atoms with E-state index < -0.39 is 0 Å². The van der Waals surface area contributed by atoms with Crippen molar-refractivity contribution in [3.63, 3.8) is 0 Å². The molecule has 0 aliphatic carbocycles. The van der Waals surface area contributed by atoms with Gasteiger partial charge in [-0.1, -0.05) is 0 Å². The van der Waals surface area contributed by atoms with Crippen LogP contribution in [0.1, 0.15) is 5.69 Å². The number of non-ortho nitro benzene ring substituents is 1. The lowest BCUT2D eigenvalue weighted by Gasteiger charge is -2.07. The predicted octanol–water partition coefficient (Wildman–Crippen LogP) is 3.31. The van der Waals surface area contributed by atoms with Gasteiger partial charge >= 0.3 is 0 Å². The van der Waals surface area contributed by atoms with Gasteiger partial charge in [-0.3, -0.25) is 10.1 Å². The first-order chi connectivity index (χ1) is 8.66. The van der Waals surface area contributed by atoms with Gasteiger partial charge in [-0.25, -0.2) is 4.98 Å². The Morgan fingerprint density at radius 3 is 2.94 bits per heavy atom. The van der Waals surface area contributed by atoms with E-state index in [1.807, 2.05) is 10.9 Å². The Bertz CT molecular complexity index is 545. The minimum Gasteiger partial charge on any atom is -0.384 e. The van der Waals surface area contributed by atoms with Crippen molar-refractivity contribution < 1.29 is 4.92 Å². The number of halogens is 1. The van der Waals surface area contributed by atoms with E-state index in [1.54, 1.807) is 23.5 Å². The molecule has 94 valence electrons. The molecular formula is C11H10IN3O2S. The lowest BCUT2D eigenvalue weighted by Crippen LogP contribution is -2.06. The molecule has 0 bridgehead atoms. The number of benzene rings is 1. The number of hydrogen-bond donors (Lipinski definition) is 1. The van der Waals surface area contributed by atoms with Gasteiger partial charge < -0.3 is 5.32 Å². The van der Waals surface area contributed by atoms with Crippen LogP contribution in [0.25, 0.3) is 0 Å². The third-order valence-corrected chi connectivity index (χ3v) is 3.87. The maximum Gasteiger partial charge on any atom is 0.270 e. The van der Waals surface area contributed by atoms with Gasteiger partial charge in [0.2, 0.25) is 0 Å². The fourth-order valence-corrected chi connectivity index (χ4v) is 2.73. The molecule has 1 N–H and O–H groups in total. The minimum absolute atomic E-state index is 0.115. The molecule has 1 heterocycles. The number of aromatic nitrogens is 1. The molecule has 0 saturated heterocycles. The fraction of sp³-hybridized carbons (Fsp3) is 0.182. The van der Waals surface area contributed by atoms with Crippen LogP contribution in [0.15, 0.2) is 29.1 Å². The molecule has 7 heteroatoms. The summed E-state index contributed by atoms with van der Waals surface area (Å²) in [5, 5.41) is 15.9. The third-order valence-electron chi connectivity index (χ3n) is 2.34. The van der Waals surface area contributed by atoms with E-state index in [1.165, 1.54) is 6.07 Å². The largest absolute Gasteiger partial charge is 0.384 e. The zero-order chi connectivity index (χ0) is 13.0. The first kappa shape index (κ1) is 13.2. The quantitative estimate of drug-likeness (QED) is 0.495. The first-order valence-electron chi connectivity index (χ1n) is 5.21. The van der Waals surface area contributed by atoms with Crippen LogP contribution in [0.2, 0.25) is 0 Å². The van der Waals surface area contributed by atoms with Crippen molar-refractivity contribution in [2.75, 3.05) is 11.9 Å². The maximum atomic E-state index is 10.6. The van der Waals surface area contributed by atoms with Crippen LogP contribution < -0.4 is 5.32 Å². The second-order valence-electron chi connectivity index (χ2n) is 3.58. The van der Waals surface area contributed by atoms with E-state index in [0.717, 1.165) is 27.9 Å². The smallest absolute Gasteiger partial charge is 0.270 e. The van der Waals surface area contributed by atoms with Crippen LogP contribution in [0, 0.1) is 13.7 Å². The van der Waals surface area contributed by atoms with Crippen molar-refractivity contribution in [2.24, 2.45) is 0 Å². The van der Waals surface area contributed by atoms with Gasteiger partial charge in [-0.2, -0.15) is 0 Å². The van der Waals surface area contributed by atoms with Gasteiger partial charge in [0.05, 0.1) is 16.1 Å². The molecule has 18 heavy (non-hydrogen) atoms. The van der Waals surface area contributed by atoms with E-state index in [2.05, 4.69) is 32.9 Å². The van der Waals surface area contributed by atoms with Gasteiger partial charge in [0.25, 0.3) is 5.69 Å².